The van der Waals surface area contributed by atoms with Crippen LogP contribution in [-0.4, -0.2) is 53.2 Å². The van der Waals surface area contributed by atoms with Crippen molar-refractivity contribution < 1.29 is 19.1 Å². The van der Waals surface area contributed by atoms with E-state index in [0.717, 1.165) is 37.1 Å². The highest BCUT2D eigenvalue weighted by atomic mass is 32.2. The molecule has 1 fully saturated rings. The number of carbonyl (C=O) groups excluding carboxylic acids is 3. The average Bonchev–Trinajstić information content (AvgIpc) is 3.45. The zero-order chi connectivity index (χ0) is 23.2. The molecule has 33 heavy (non-hydrogen) atoms. The number of benzene rings is 2. The Bertz CT molecular complexity index is 1040. The van der Waals surface area contributed by atoms with Crippen LogP contribution in [0.5, 0.6) is 0 Å². The molecular weight excluding hydrogens is 436 g/mol. The van der Waals surface area contributed by atoms with E-state index >= 15 is 0 Å². The summed E-state index contributed by atoms with van der Waals surface area (Å²) in [5.74, 6) is 0.438. The van der Waals surface area contributed by atoms with Gasteiger partial charge in [0.15, 0.2) is 0 Å². The smallest absolute Gasteiger partial charge is 0.305 e. The van der Waals surface area contributed by atoms with Gasteiger partial charge >= 0.3 is 5.97 Å². The van der Waals surface area contributed by atoms with Gasteiger partial charge in [0.1, 0.15) is 6.67 Å². The topological polar surface area (TPSA) is 66.9 Å². The van der Waals surface area contributed by atoms with Crippen molar-refractivity contribution in [1.82, 2.24) is 9.80 Å². The third kappa shape index (κ3) is 5.14. The molecule has 0 radical (unpaired) electrons. The van der Waals surface area contributed by atoms with Crippen LogP contribution in [0.3, 0.4) is 0 Å². The number of carbonyl (C=O) groups is 3. The van der Waals surface area contributed by atoms with Crippen LogP contribution < -0.4 is 0 Å². The lowest BCUT2D eigenvalue weighted by atomic mass is 10.1. The second kappa shape index (κ2) is 10.7. The maximum Gasteiger partial charge on any atom is 0.305 e. The minimum Gasteiger partial charge on any atom is -0.469 e. The fourth-order valence-corrected chi connectivity index (χ4v) is 5.69. The molecule has 6 nitrogen and oxygen atoms in total. The molecule has 1 atom stereocenters. The van der Waals surface area contributed by atoms with Gasteiger partial charge < -0.3 is 9.64 Å². The predicted molar refractivity (Wildman–Crippen MR) is 128 cm³/mol. The summed E-state index contributed by atoms with van der Waals surface area (Å²) in [5.41, 5.74) is 2.21. The summed E-state index contributed by atoms with van der Waals surface area (Å²) in [6.45, 7) is 0.258. The van der Waals surface area contributed by atoms with E-state index in [1.165, 1.54) is 12.0 Å². The average molecular weight is 465 g/mol. The number of hydrogen-bond acceptors (Lipinski definition) is 5. The van der Waals surface area contributed by atoms with Crippen molar-refractivity contribution in [2.45, 2.75) is 38.1 Å². The number of amides is 2. The number of fused-ring (bicyclic) bond motifs is 1. The standard InChI is InChI=1S/C26H28N2O4S/c1-32-23(29)16-10-4-9-15-22-24-21(17-33-22)27(25(30)19-11-5-2-6-12-19)18-28(24)26(31)20-13-7-3-8-14-20/h2-3,5-8,11-14,21H,4,9-10,15-18H2,1H3. The lowest BCUT2D eigenvalue weighted by Crippen LogP contribution is -2.38. The van der Waals surface area contributed by atoms with Crippen LogP contribution >= 0.6 is 11.8 Å². The van der Waals surface area contributed by atoms with Crippen molar-refractivity contribution in [3.63, 3.8) is 0 Å². The quantitative estimate of drug-likeness (QED) is 0.419. The zero-order valence-corrected chi connectivity index (χ0v) is 19.6. The van der Waals surface area contributed by atoms with Crippen LogP contribution in [0, 0.1) is 0 Å². The van der Waals surface area contributed by atoms with E-state index in [-0.39, 0.29) is 30.5 Å². The normalized spacial score (nSPS) is 17.3. The Morgan fingerprint density at radius 1 is 0.909 bits per heavy atom. The van der Waals surface area contributed by atoms with Crippen molar-refractivity contribution in [2.75, 3.05) is 19.5 Å². The number of allylic oxidation sites excluding steroid dienone is 1. The molecule has 0 aliphatic carbocycles. The maximum absolute atomic E-state index is 13.4. The van der Waals surface area contributed by atoms with Crippen molar-refractivity contribution >= 4 is 29.5 Å². The van der Waals surface area contributed by atoms with Gasteiger partial charge in [-0.25, -0.2) is 0 Å². The monoisotopic (exact) mass is 464 g/mol. The van der Waals surface area contributed by atoms with Crippen molar-refractivity contribution in [3.05, 3.63) is 82.4 Å². The van der Waals surface area contributed by atoms with E-state index in [2.05, 4.69) is 0 Å². The molecule has 0 saturated carbocycles. The van der Waals surface area contributed by atoms with E-state index in [9.17, 15) is 14.4 Å². The molecule has 7 heteroatoms. The Balaban J connectivity index is 1.54. The van der Waals surface area contributed by atoms with Crippen LogP contribution in [0.4, 0.5) is 0 Å². The minimum absolute atomic E-state index is 0.0543. The Morgan fingerprint density at radius 2 is 1.55 bits per heavy atom. The van der Waals surface area contributed by atoms with E-state index in [0.29, 0.717) is 17.5 Å². The lowest BCUT2D eigenvalue weighted by Gasteiger charge is -2.22. The van der Waals surface area contributed by atoms with Gasteiger partial charge in [-0.05, 0) is 43.5 Å². The molecule has 4 rings (SSSR count). The molecule has 0 bridgehead atoms. The number of nitrogens with zero attached hydrogens (tertiary/aromatic N) is 2. The number of ether oxygens (including phenoxy) is 1. The molecule has 2 aromatic rings. The first-order chi connectivity index (χ1) is 16.1. The molecule has 2 aliphatic heterocycles. The Morgan fingerprint density at radius 3 is 2.18 bits per heavy atom. The van der Waals surface area contributed by atoms with Gasteiger partial charge in [-0.15, -0.1) is 11.8 Å². The van der Waals surface area contributed by atoms with Crippen LogP contribution in [0.1, 0.15) is 52.8 Å². The van der Waals surface area contributed by atoms with E-state index in [4.69, 9.17) is 4.74 Å². The zero-order valence-electron chi connectivity index (χ0n) is 18.7. The van der Waals surface area contributed by atoms with Crippen molar-refractivity contribution in [1.29, 1.82) is 0 Å². The fourth-order valence-electron chi connectivity index (χ4n) is 4.31. The lowest BCUT2D eigenvalue weighted by molar-refractivity contribution is -0.140. The summed E-state index contributed by atoms with van der Waals surface area (Å²) in [4.78, 5) is 42.8. The molecule has 1 unspecified atom stereocenters. The van der Waals surface area contributed by atoms with Crippen LogP contribution in [0.15, 0.2) is 71.3 Å². The van der Waals surface area contributed by atoms with Crippen molar-refractivity contribution in [2.24, 2.45) is 0 Å². The first-order valence-corrected chi connectivity index (χ1v) is 12.2. The number of hydrogen-bond donors (Lipinski definition) is 0. The van der Waals surface area contributed by atoms with Crippen LogP contribution in [0.25, 0.3) is 0 Å². The Hall–Kier alpha value is -3.06. The summed E-state index contributed by atoms with van der Waals surface area (Å²) < 4.78 is 4.71. The number of unbranched alkanes of at least 4 members (excludes halogenated alkanes) is 2. The van der Waals surface area contributed by atoms with Gasteiger partial charge in [0.2, 0.25) is 0 Å². The summed E-state index contributed by atoms with van der Waals surface area (Å²) in [7, 11) is 1.41. The van der Waals surface area contributed by atoms with Gasteiger partial charge in [-0.1, -0.05) is 42.8 Å². The molecule has 2 aliphatic rings. The highest BCUT2D eigenvalue weighted by Crippen LogP contribution is 2.44. The van der Waals surface area contributed by atoms with Crippen LogP contribution in [-0.2, 0) is 9.53 Å². The highest BCUT2D eigenvalue weighted by molar-refractivity contribution is 8.03. The van der Waals surface area contributed by atoms with Crippen LogP contribution in [0.2, 0.25) is 0 Å². The molecule has 2 aromatic carbocycles. The van der Waals surface area contributed by atoms with Gasteiger partial charge in [0.05, 0.1) is 18.8 Å². The Labute approximate surface area is 198 Å². The first kappa shape index (κ1) is 23.1. The third-order valence-electron chi connectivity index (χ3n) is 6.04. The van der Waals surface area contributed by atoms with E-state index in [1.54, 1.807) is 16.7 Å². The maximum atomic E-state index is 13.4. The fraction of sp³-hybridized carbons (Fsp3) is 0.346. The molecule has 0 aromatic heterocycles. The highest BCUT2D eigenvalue weighted by Gasteiger charge is 2.45. The molecular formula is C26H28N2O4S. The largest absolute Gasteiger partial charge is 0.469 e. The summed E-state index contributed by atoms with van der Waals surface area (Å²) in [6.07, 6.45) is 3.89. The molecule has 172 valence electrons. The van der Waals surface area contributed by atoms with E-state index in [1.807, 2.05) is 65.6 Å². The molecule has 2 heterocycles. The van der Waals surface area contributed by atoms with Crippen molar-refractivity contribution in [3.8, 4) is 0 Å². The van der Waals surface area contributed by atoms with E-state index < -0.39 is 0 Å². The second-order valence-electron chi connectivity index (χ2n) is 8.15. The number of rotatable bonds is 8. The van der Waals surface area contributed by atoms with Gasteiger partial charge in [0.25, 0.3) is 11.8 Å². The number of methoxy groups -OCH3 is 1. The molecule has 1 saturated heterocycles. The third-order valence-corrected chi connectivity index (χ3v) is 7.28. The first-order valence-electron chi connectivity index (χ1n) is 11.3. The molecule has 2 amide bonds. The van der Waals surface area contributed by atoms with Gasteiger partial charge in [0, 0.05) is 28.2 Å². The summed E-state index contributed by atoms with van der Waals surface area (Å²) in [6, 6.07) is 18.4. The van der Waals surface area contributed by atoms with Gasteiger partial charge in [-0.2, -0.15) is 0 Å². The second-order valence-corrected chi connectivity index (χ2v) is 9.27. The Kier molecular flexibility index (Phi) is 7.50. The SMILES string of the molecule is COC(=O)CCCCCC1=C2C(CS1)N(C(=O)c1ccccc1)CN2C(=O)c1ccccc1. The minimum atomic E-state index is -0.183. The summed E-state index contributed by atoms with van der Waals surface area (Å²) in [5, 5.41) is 0. The summed E-state index contributed by atoms with van der Waals surface area (Å²) >= 11 is 1.74. The predicted octanol–water partition coefficient (Wildman–Crippen LogP) is 4.69. The number of esters is 1. The molecule has 0 N–H and O–H groups in total. The molecule has 0 spiro atoms. The number of thioether (sulfide) groups is 1. The van der Waals surface area contributed by atoms with Gasteiger partial charge in [-0.3, -0.25) is 19.3 Å².